The van der Waals surface area contributed by atoms with E-state index in [2.05, 4.69) is 11.9 Å². The van der Waals surface area contributed by atoms with E-state index < -0.39 is 23.8 Å². The van der Waals surface area contributed by atoms with Crippen LogP contribution >= 0.6 is 0 Å². The van der Waals surface area contributed by atoms with Crippen LogP contribution in [0.15, 0.2) is 12.2 Å². The van der Waals surface area contributed by atoms with Crippen LogP contribution in [0, 0.1) is 0 Å². The molecule has 0 aliphatic heterocycles. The van der Waals surface area contributed by atoms with Crippen LogP contribution in [0.25, 0.3) is 0 Å². The summed E-state index contributed by atoms with van der Waals surface area (Å²) in [6.45, 7) is 6.25. The Morgan fingerprint density at radius 3 is 2.24 bits per heavy atom. The second-order valence-electron chi connectivity index (χ2n) is 4.26. The molecule has 0 fully saturated rings. The van der Waals surface area contributed by atoms with E-state index in [1.807, 2.05) is 0 Å². The molecule has 0 aromatic carbocycles. The van der Waals surface area contributed by atoms with Crippen molar-refractivity contribution in [3.63, 3.8) is 0 Å². The van der Waals surface area contributed by atoms with E-state index >= 15 is 0 Å². The molecule has 0 atom stereocenters. The molecule has 8 nitrogen and oxygen atoms in total. The van der Waals surface area contributed by atoms with Gasteiger partial charge in [-0.05, 0) is 6.92 Å². The minimum absolute atomic E-state index is 0.00349. The van der Waals surface area contributed by atoms with Gasteiger partial charge in [-0.2, -0.15) is 0 Å². The van der Waals surface area contributed by atoms with Crippen molar-refractivity contribution in [1.29, 1.82) is 0 Å². The number of hydrogen-bond acceptors (Lipinski definition) is 6. The predicted octanol–water partition coefficient (Wildman–Crippen LogP) is -0.121. The van der Waals surface area contributed by atoms with Crippen molar-refractivity contribution in [2.75, 3.05) is 33.4 Å². The first-order chi connectivity index (χ1) is 9.75. The Balaban J connectivity index is 3.72. The van der Waals surface area contributed by atoms with Gasteiger partial charge in [-0.15, -0.1) is 0 Å². The van der Waals surface area contributed by atoms with Gasteiger partial charge in [0.05, 0.1) is 13.1 Å². The van der Waals surface area contributed by atoms with Crippen molar-refractivity contribution in [3.8, 4) is 0 Å². The fraction of sp³-hybridized carbons (Fsp3) is 0.538. The van der Waals surface area contributed by atoms with E-state index in [1.165, 1.54) is 20.9 Å². The molecule has 1 N–H and O–H groups in total. The maximum absolute atomic E-state index is 11.2. The molecule has 0 radical (unpaired) electrons. The van der Waals surface area contributed by atoms with Crippen LogP contribution in [-0.4, -0.2) is 62.0 Å². The largest absolute Gasteiger partial charge is 0.460 e. The van der Waals surface area contributed by atoms with E-state index in [0.717, 1.165) is 4.90 Å². The van der Waals surface area contributed by atoms with Crippen molar-refractivity contribution in [1.82, 2.24) is 10.2 Å². The average Bonchev–Trinajstić information content (AvgIpc) is 2.41. The Bertz CT molecular complexity index is 432. The lowest BCUT2D eigenvalue weighted by atomic mass is 10.4. The first kappa shape index (κ1) is 18.6. The third-order valence-electron chi connectivity index (χ3n) is 2.26. The predicted molar refractivity (Wildman–Crippen MR) is 73.4 cm³/mol. The number of rotatable bonds is 8. The molecule has 0 aromatic heterocycles. The number of amides is 2. The Morgan fingerprint density at radius 1 is 1.10 bits per heavy atom. The molecule has 0 saturated heterocycles. The summed E-state index contributed by atoms with van der Waals surface area (Å²) in [6, 6.07) is 0. The number of nitrogens with one attached hydrogen (secondary N) is 1. The van der Waals surface area contributed by atoms with E-state index in [4.69, 9.17) is 9.47 Å². The van der Waals surface area contributed by atoms with Gasteiger partial charge >= 0.3 is 12.1 Å². The third-order valence-corrected chi connectivity index (χ3v) is 2.26. The number of nitrogens with zero attached hydrogens (tertiary/aromatic N) is 1. The summed E-state index contributed by atoms with van der Waals surface area (Å²) in [4.78, 5) is 45.4. The molecule has 0 rings (SSSR count). The number of ketones is 1. The van der Waals surface area contributed by atoms with Crippen molar-refractivity contribution in [2.45, 2.75) is 13.8 Å². The fourth-order valence-corrected chi connectivity index (χ4v) is 1.12. The van der Waals surface area contributed by atoms with Crippen molar-refractivity contribution < 1.29 is 28.7 Å². The highest BCUT2D eigenvalue weighted by atomic mass is 16.6. The first-order valence-corrected chi connectivity index (χ1v) is 6.25. The second kappa shape index (κ2) is 9.51. The van der Waals surface area contributed by atoms with Gasteiger partial charge in [0, 0.05) is 19.5 Å². The molecule has 0 aliphatic carbocycles. The number of Topliss-reactive ketones (excluding diaryl/α,β-unsaturated/α-hetero) is 1. The normalized spacial score (nSPS) is 9.48. The summed E-state index contributed by atoms with van der Waals surface area (Å²) in [6.07, 6.45) is -0.704. The van der Waals surface area contributed by atoms with E-state index in [-0.39, 0.29) is 31.9 Å². The second-order valence-corrected chi connectivity index (χ2v) is 4.26. The monoisotopic (exact) mass is 300 g/mol. The van der Waals surface area contributed by atoms with Crippen molar-refractivity contribution >= 4 is 23.8 Å². The molecular formula is C13H20N2O6. The average molecular weight is 300 g/mol. The molecule has 21 heavy (non-hydrogen) atoms. The zero-order valence-corrected chi connectivity index (χ0v) is 12.4. The van der Waals surface area contributed by atoms with Gasteiger partial charge in [-0.25, -0.2) is 9.59 Å². The quantitative estimate of drug-likeness (QED) is 0.290. The molecular weight excluding hydrogens is 280 g/mol. The molecule has 0 spiro atoms. The number of likely N-dealkylation sites (N-methyl/N-ethyl adjacent to an activating group) is 1. The van der Waals surface area contributed by atoms with E-state index in [0.29, 0.717) is 0 Å². The smallest absolute Gasteiger partial charge is 0.407 e. The third kappa shape index (κ3) is 8.40. The SMILES string of the molecule is C=C(C)C(=O)OCCNC(=O)OCCN(C)C(=O)C(C)=O. The molecule has 0 unspecified atom stereocenters. The van der Waals surface area contributed by atoms with Gasteiger partial charge in [0.1, 0.15) is 13.2 Å². The van der Waals surface area contributed by atoms with Crippen LogP contribution in [-0.2, 0) is 23.9 Å². The van der Waals surface area contributed by atoms with Gasteiger partial charge in [-0.3, -0.25) is 9.59 Å². The van der Waals surface area contributed by atoms with Crippen LogP contribution < -0.4 is 5.32 Å². The maximum Gasteiger partial charge on any atom is 0.407 e. The number of carbonyl (C=O) groups excluding carboxylic acids is 4. The standard InChI is InChI=1S/C13H20N2O6/c1-9(2)12(18)20-7-5-14-13(19)21-8-6-15(4)11(17)10(3)16/h1,5-8H2,2-4H3,(H,14,19). The van der Waals surface area contributed by atoms with Crippen LogP contribution in [0.2, 0.25) is 0 Å². The highest BCUT2D eigenvalue weighted by Gasteiger charge is 2.13. The lowest BCUT2D eigenvalue weighted by Gasteiger charge is -2.15. The van der Waals surface area contributed by atoms with E-state index in [1.54, 1.807) is 0 Å². The molecule has 0 bridgehead atoms. The zero-order valence-electron chi connectivity index (χ0n) is 12.4. The van der Waals surface area contributed by atoms with E-state index in [9.17, 15) is 19.2 Å². The number of alkyl carbamates (subject to hydrolysis) is 1. The Kier molecular flexibility index (Phi) is 8.43. The minimum atomic E-state index is -0.704. The highest BCUT2D eigenvalue weighted by molar-refractivity contribution is 6.34. The van der Waals surface area contributed by atoms with Crippen LogP contribution in [0.4, 0.5) is 4.79 Å². The topological polar surface area (TPSA) is 102 Å². The fourth-order valence-electron chi connectivity index (χ4n) is 1.12. The van der Waals surface area contributed by atoms with Gasteiger partial charge in [0.15, 0.2) is 0 Å². The number of hydrogen-bond donors (Lipinski definition) is 1. The summed E-state index contributed by atoms with van der Waals surface area (Å²) in [7, 11) is 1.43. The summed E-state index contributed by atoms with van der Waals surface area (Å²) >= 11 is 0. The minimum Gasteiger partial charge on any atom is -0.460 e. The molecule has 0 aromatic rings. The van der Waals surface area contributed by atoms with Crippen molar-refractivity contribution in [3.05, 3.63) is 12.2 Å². The molecule has 0 aliphatic rings. The lowest BCUT2D eigenvalue weighted by molar-refractivity contribution is -0.142. The van der Waals surface area contributed by atoms with Crippen LogP contribution in [0.1, 0.15) is 13.8 Å². The first-order valence-electron chi connectivity index (χ1n) is 6.25. The van der Waals surface area contributed by atoms with Gasteiger partial charge < -0.3 is 19.7 Å². The summed E-state index contributed by atoms with van der Waals surface area (Å²) in [5.74, 6) is -1.76. The molecule has 118 valence electrons. The van der Waals surface area contributed by atoms with Gasteiger partial charge in [0.2, 0.25) is 5.78 Å². The Morgan fingerprint density at radius 2 is 1.71 bits per heavy atom. The molecule has 0 saturated carbocycles. The lowest BCUT2D eigenvalue weighted by Crippen LogP contribution is -2.36. The van der Waals surface area contributed by atoms with Gasteiger partial charge in [-0.1, -0.05) is 6.58 Å². The number of esters is 1. The van der Waals surface area contributed by atoms with Crippen LogP contribution in [0.5, 0.6) is 0 Å². The summed E-state index contributed by atoms with van der Waals surface area (Å²) < 4.78 is 9.54. The number of carbonyl (C=O) groups is 4. The Hall–Kier alpha value is -2.38. The molecule has 2 amide bonds. The highest BCUT2D eigenvalue weighted by Crippen LogP contribution is 1.91. The van der Waals surface area contributed by atoms with Gasteiger partial charge in [0.25, 0.3) is 5.91 Å². The molecule has 0 heterocycles. The van der Waals surface area contributed by atoms with Crippen LogP contribution in [0.3, 0.4) is 0 Å². The maximum atomic E-state index is 11.2. The zero-order chi connectivity index (χ0) is 16.4. The summed E-state index contributed by atoms with van der Waals surface area (Å²) in [5.41, 5.74) is 0.274. The summed E-state index contributed by atoms with van der Waals surface area (Å²) in [5, 5.41) is 2.36. The molecule has 8 heteroatoms. The number of ether oxygens (including phenoxy) is 2. The van der Waals surface area contributed by atoms with Crippen molar-refractivity contribution in [2.24, 2.45) is 0 Å². The Labute approximate surface area is 123 Å².